The first-order valence-corrected chi connectivity index (χ1v) is 9.51. The molecule has 1 saturated heterocycles. The van der Waals surface area contributed by atoms with Crippen LogP contribution in [0.15, 0.2) is 41.8 Å². The van der Waals surface area contributed by atoms with E-state index in [-0.39, 0.29) is 54.0 Å². The van der Waals surface area contributed by atoms with E-state index >= 15 is 0 Å². The number of aliphatic carboxylic acids is 1. The number of fused-ring (bicyclic) bond motifs is 1. The predicted molar refractivity (Wildman–Crippen MR) is 101 cm³/mol. The van der Waals surface area contributed by atoms with Crippen molar-refractivity contribution in [1.29, 1.82) is 0 Å². The van der Waals surface area contributed by atoms with Crippen LogP contribution in [0.2, 0.25) is 0 Å². The number of hydrogen-bond acceptors (Lipinski definition) is 7. The molecule has 1 fully saturated rings. The van der Waals surface area contributed by atoms with Gasteiger partial charge >= 0.3 is 35.5 Å². The number of nitrogens with zero attached hydrogens (tertiary/aromatic N) is 1. The van der Waals surface area contributed by atoms with E-state index in [9.17, 15) is 24.3 Å². The maximum atomic E-state index is 12.4. The number of nitrogens with one attached hydrogen (secondary N) is 1. The van der Waals surface area contributed by atoms with E-state index in [2.05, 4.69) is 5.32 Å². The summed E-state index contributed by atoms with van der Waals surface area (Å²) in [6.45, 7) is 4.76. The number of ether oxygens (including phenoxy) is 2. The molecule has 0 radical (unpaired) electrons. The van der Waals surface area contributed by atoms with Gasteiger partial charge in [-0.3, -0.25) is 19.3 Å². The number of carboxylic acids is 1. The number of hydrogen-bond donors (Lipinski definition) is 1. The maximum absolute atomic E-state index is 12.4. The largest absolute Gasteiger partial charge is 1.00 e. The van der Waals surface area contributed by atoms with Crippen LogP contribution >= 0.6 is 0 Å². The summed E-state index contributed by atoms with van der Waals surface area (Å²) in [6.07, 6.45) is -0.756. The van der Waals surface area contributed by atoms with Gasteiger partial charge < -0.3 is 24.7 Å². The van der Waals surface area contributed by atoms with Gasteiger partial charge in [-0.2, -0.15) is 0 Å². The molecule has 2 atom stereocenters. The Labute approximate surface area is 202 Å². The quantitative estimate of drug-likeness (QED) is 0.269. The van der Waals surface area contributed by atoms with Gasteiger partial charge in [-0.05, 0) is 5.56 Å². The third-order valence-corrected chi connectivity index (χ3v) is 4.80. The summed E-state index contributed by atoms with van der Waals surface area (Å²) in [7, 11) is 0. The fraction of sp³-hybridized carbons (Fsp3) is 0.429. The number of esters is 1. The Morgan fingerprint density at radius 3 is 2.42 bits per heavy atom. The average Bonchev–Trinajstić information content (AvgIpc) is 3.04. The Hall–Kier alpha value is -2.36. The summed E-state index contributed by atoms with van der Waals surface area (Å²) in [5, 5.41) is 14.0. The van der Waals surface area contributed by atoms with Crippen molar-refractivity contribution in [3.8, 4) is 0 Å². The standard InChI is InChI=1S/C21H24N2O7.Na/c1-21(2,3)17-16(20(27)28)23-18(26)13(19(23)30-17)10-22-14(24)11-29-15(25)9-12-7-5-4-6-8-12;/h4-8,13,19H,9-11H2,1-3H3,(H,22,24)(H,27,28);/q;+1/p-1/t13-,19+;/m0./s1. The van der Waals surface area contributed by atoms with Gasteiger partial charge in [0.2, 0.25) is 5.91 Å². The Kier molecular flexibility index (Phi) is 7.91. The molecule has 1 N–H and O–H groups in total. The Morgan fingerprint density at radius 1 is 1.19 bits per heavy atom. The number of amides is 2. The van der Waals surface area contributed by atoms with E-state index in [4.69, 9.17) is 9.47 Å². The minimum atomic E-state index is -1.48. The predicted octanol–water partition coefficient (Wildman–Crippen LogP) is -3.29. The van der Waals surface area contributed by atoms with Crippen molar-refractivity contribution in [3.63, 3.8) is 0 Å². The van der Waals surface area contributed by atoms with Crippen molar-refractivity contribution in [2.75, 3.05) is 13.2 Å². The molecule has 1 aromatic rings. The molecule has 1 aromatic carbocycles. The minimum Gasteiger partial charge on any atom is -0.543 e. The summed E-state index contributed by atoms with van der Waals surface area (Å²) in [5.41, 5.74) is -0.129. The normalized spacial score (nSPS) is 19.6. The molecule has 2 amide bonds. The van der Waals surface area contributed by atoms with Crippen LogP contribution in [0.5, 0.6) is 0 Å². The van der Waals surface area contributed by atoms with E-state index in [1.165, 1.54) is 0 Å². The van der Waals surface area contributed by atoms with Gasteiger partial charge in [-0.25, -0.2) is 0 Å². The van der Waals surface area contributed by atoms with Crippen molar-refractivity contribution in [2.24, 2.45) is 11.3 Å². The first kappa shape index (κ1) is 24.9. The van der Waals surface area contributed by atoms with E-state index in [1.807, 2.05) is 6.07 Å². The molecule has 9 nitrogen and oxygen atoms in total. The molecular weight excluding hydrogens is 415 g/mol. The average molecular weight is 438 g/mol. The molecule has 3 rings (SSSR count). The van der Waals surface area contributed by atoms with Crippen molar-refractivity contribution in [3.05, 3.63) is 47.4 Å². The van der Waals surface area contributed by atoms with Crippen LogP contribution in [0.1, 0.15) is 26.3 Å². The SMILES string of the molecule is CC(C)(C)C1=C(C(=O)[O-])N2C(=O)[C@H](CNC(=O)COC(=O)Cc3ccccc3)[C@H]2O1.[Na+]. The van der Waals surface area contributed by atoms with Gasteiger partial charge in [0.1, 0.15) is 17.4 Å². The fourth-order valence-corrected chi connectivity index (χ4v) is 3.33. The molecule has 2 aliphatic rings. The summed E-state index contributed by atoms with van der Waals surface area (Å²) >= 11 is 0. The molecular formula is C21H23N2NaO7. The van der Waals surface area contributed by atoms with Gasteiger partial charge in [-0.1, -0.05) is 51.1 Å². The van der Waals surface area contributed by atoms with E-state index in [0.29, 0.717) is 0 Å². The number of β-lactam (4-membered cyclic amide) rings is 1. The Bertz CT molecular complexity index is 908. The second-order valence-corrected chi connectivity index (χ2v) is 8.17. The second-order valence-electron chi connectivity index (χ2n) is 8.17. The van der Waals surface area contributed by atoms with E-state index < -0.39 is 47.9 Å². The summed E-state index contributed by atoms with van der Waals surface area (Å²) < 4.78 is 10.6. The van der Waals surface area contributed by atoms with Gasteiger partial charge in [-0.15, -0.1) is 0 Å². The molecule has 10 heteroatoms. The van der Waals surface area contributed by atoms with Crippen LogP contribution in [0.4, 0.5) is 0 Å². The first-order chi connectivity index (χ1) is 14.1. The number of rotatable bonds is 7. The number of carboxylic acid groups (broad SMARTS) is 1. The zero-order valence-electron chi connectivity index (χ0n) is 18.0. The zero-order chi connectivity index (χ0) is 22.1. The smallest absolute Gasteiger partial charge is 0.543 e. The molecule has 31 heavy (non-hydrogen) atoms. The van der Waals surface area contributed by atoms with Crippen molar-refractivity contribution in [1.82, 2.24) is 10.2 Å². The van der Waals surface area contributed by atoms with Crippen molar-refractivity contribution >= 4 is 23.8 Å². The van der Waals surface area contributed by atoms with Crippen molar-refractivity contribution in [2.45, 2.75) is 33.4 Å². The van der Waals surface area contributed by atoms with Crippen LogP contribution in [0.3, 0.4) is 0 Å². The van der Waals surface area contributed by atoms with Gasteiger partial charge in [0, 0.05) is 12.0 Å². The minimum absolute atomic E-state index is 0. The molecule has 0 aliphatic carbocycles. The Morgan fingerprint density at radius 2 is 1.84 bits per heavy atom. The molecule has 2 heterocycles. The molecule has 2 aliphatic heterocycles. The molecule has 0 saturated carbocycles. The first-order valence-electron chi connectivity index (χ1n) is 9.51. The third-order valence-electron chi connectivity index (χ3n) is 4.80. The number of allylic oxidation sites excluding steroid dienone is 1. The topological polar surface area (TPSA) is 125 Å². The Balaban J connectivity index is 0.00000341. The number of benzene rings is 1. The maximum Gasteiger partial charge on any atom is 1.00 e. The van der Waals surface area contributed by atoms with Crippen molar-refractivity contribution < 1.29 is 63.3 Å². The molecule has 160 valence electrons. The van der Waals surface area contributed by atoms with E-state index in [0.717, 1.165) is 10.5 Å². The van der Waals surface area contributed by atoms with Crippen LogP contribution in [0.25, 0.3) is 0 Å². The molecule has 0 unspecified atom stereocenters. The molecule has 0 spiro atoms. The van der Waals surface area contributed by atoms with Crippen LogP contribution < -0.4 is 40.0 Å². The van der Waals surface area contributed by atoms with E-state index in [1.54, 1.807) is 45.0 Å². The van der Waals surface area contributed by atoms with Crippen LogP contribution in [-0.2, 0) is 35.1 Å². The second kappa shape index (κ2) is 9.84. The van der Waals surface area contributed by atoms with Crippen LogP contribution in [0, 0.1) is 11.3 Å². The summed E-state index contributed by atoms with van der Waals surface area (Å²) in [5.74, 6) is -3.63. The van der Waals surface area contributed by atoms with Gasteiger partial charge in [0.15, 0.2) is 12.8 Å². The summed E-state index contributed by atoms with van der Waals surface area (Å²) in [6, 6.07) is 8.97. The summed E-state index contributed by atoms with van der Waals surface area (Å²) in [4.78, 5) is 48.7. The van der Waals surface area contributed by atoms with Gasteiger partial charge in [0.25, 0.3) is 5.91 Å². The molecule has 0 aromatic heterocycles. The van der Waals surface area contributed by atoms with Gasteiger partial charge in [0.05, 0.1) is 12.4 Å². The third kappa shape index (κ3) is 5.47. The fourth-order valence-electron chi connectivity index (χ4n) is 3.33. The molecule has 0 bridgehead atoms. The van der Waals surface area contributed by atoms with Crippen LogP contribution in [-0.4, -0.2) is 48.0 Å². The zero-order valence-corrected chi connectivity index (χ0v) is 20.0. The number of carbonyl (C=O) groups excluding carboxylic acids is 4. The number of carbonyl (C=O) groups is 4. The monoisotopic (exact) mass is 438 g/mol.